The predicted octanol–water partition coefficient (Wildman–Crippen LogP) is 2.25. The van der Waals surface area contributed by atoms with Crippen molar-refractivity contribution in [3.8, 4) is 5.75 Å². The summed E-state index contributed by atoms with van der Waals surface area (Å²) in [6.45, 7) is 2.65. The Balaban J connectivity index is 2.28. The highest BCUT2D eigenvalue weighted by Crippen LogP contribution is 2.23. The third-order valence-corrected chi connectivity index (χ3v) is 2.96. The van der Waals surface area contributed by atoms with Crippen LogP contribution in [0.2, 0.25) is 0 Å². The maximum absolute atomic E-state index is 5.50. The van der Waals surface area contributed by atoms with E-state index in [0.29, 0.717) is 6.61 Å². The minimum absolute atomic E-state index is 0.0640. The van der Waals surface area contributed by atoms with Gasteiger partial charge in [0.1, 0.15) is 5.75 Å². The SMILES string of the molecule is CCOc1cccc(C(NC)c2cnsn2)c1. The first-order valence-corrected chi connectivity index (χ1v) is 6.25. The predicted molar refractivity (Wildman–Crippen MR) is 68.4 cm³/mol. The van der Waals surface area contributed by atoms with Gasteiger partial charge in [-0.25, -0.2) is 0 Å². The van der Waals surface area contributed by atoms with E-state index in [1.165, 1.54) is 11.7 Å². The molecule has 0 radical (unpaired) electrons. The maximum atomic E-state index is 5.50. The Morgan fingerprint density at radius 1 is 1.47 bits per heavy atom. The molecular weight excluding hydrogens is 234 g/mol. The molecule has 0 saturated heterocycles. The molecule has 0 fully saturated rings. The Labute approximate surface area is 105 Å². The molecule has 17 heavy (non-hydrogen) atoms. The molecule has 0 aliphatic carbocycles. The van der Waals surface area contributed by atoms with Crippen molar-refractivity contribution in [2.24, 2.45) is 0 Å². The van der Waals surface area contributed by atoms with Crippen molar-refractivity contribution in [2.45, 2.75) is 13.0 Å². The topological polar surface area (TPSA) is 47.0 Å². The summed E-state index contributed by atoms with van der Waals surface area (Å²) < 4.78 is 13.8. The largest absolute Gasteiger partial charge is 0.494 e. The standard InChI is InChI=1S/C12H15N3OS/c1-3-16-10-6-4-5-9(7-10)12(13-2)11-8-14-17-15-11/h4-8,12-13H,3H2,1-2H3. The lowest BCUT2D eigenvalue weighted by Gasteiger charge is -2.14. The first-order valence-electron chi connectivity index (χ1n) is 5.52. The third kappa shape index (κ3) is 2.81. The lowest BCUT2D eigenvalue weighted by atomic mass is 10.0. The van der Waals surface area contributed by atoms with Gasteiger partial charge in [0.05, 0.1) is 36.3 Å². The van der Waals surface area contributed by atoms with Crippen molar-refractivity contribution in [2.75, 3.05) is 13.7 Å². The highest BCUT2D eigenvalue weighted by atomic mass is 32.1. The summed E-state index contributed by atoms with van der Waals surface area (Å²) in [6, 6.07) is 8.10. The van der Waals surface area contributed by atoms with Gasteiger partial charge in [0.15, 0.2) is 0 Å². The zero-order valence-electron chi connectivity index (χ0n) is 9.88. The average molecular weight is 249 g/mol. The summed E-state index contributed by atoms with van der Waals surface area (Å²) >= 11 is 1.22. The second-order valence-electron chi connectivity index (χ2n) is 3.56. The second-order valence-corrected chi connectivity index (χ2v) is 4.12. The molecule has 1 heterocycles. The first-order chi connectivity index (χ1) is 8.35. The van der Waals surface area contributed by atoms with Crippen molar-refractivity contribution in [3.05, 3.63) is 41.7 Å². The normalized spacial score (nSPS) is 12.4. The minimum Gasteiger partial charge on any atom is -0.494 e. The molecule has 0 aliphatic heterocycles. The van der Waals surface area contributed by atoms with Gasteiger partial charge in [-0.3, -0.25) is 0 Å². The quantitative estimate of drug-likeness (QED) is 0.883. The molecule has 1 atom stereocenters. The van der Waals surface area contributed by atoms with Gasteiger partial charge in [0.2, 0.25) is 0 Å². The summed E-state index contributed by atoms with van der Waals surface area (Å²) in [7, 11) is 1.91. The van der Waals surface area contributed by atoms with Gasteiger partial charge in [0, 0.05) is 0 Å². The van der Waals surface area contributed by atoms with E-state index in [-0.39, 0.29) is 6.04 Å². The Hall–Kier alpha value is -1.46. The van der Waals surface area contributed by atoms with Crippen molar-refractivity contribution >= 4 is 11.7 Å². The number of rotatable bonds is 5. The summed E-state index contributed by atoms with van der Waals surface area (Å²) in [5.74, 6) is 0.883. The van der Waals surface area contributed by atoms with Crippen molar-refractivity contribution in [1.82, 2.24) is 14.1 Å². The second kappa shape index (κ2) is 5.75. The Bertz CT molecular complexity index is 459. The monoisotopic (exact) mass is 249 g/mol. The average Bonchev–Trinajstić information content (AvgIpc) is 2.85. The lowest BCUT2D eigenvalue weighted by molar-refractivity contribution is 0.339. The molecule has 1 aromatic heterocycles. The molecule has 4 nitrogen and oxygen atoms in total. The smallest absolute Gasteiger partial charge is 0.119 e. The summed E-state index contributed by atoms with van der Waals surface area (Å²) in [5, 5.41) is 3.24. The zero-order valence-corrected chi connectivity index (χ0v) is 10.7. The number of ether oxygens (including phenoxy) is 1. The molecule has 0 bridgehead atoms. The highest BCUT2D eigenvalue weighted by Gasteiger charge is 2.14. The fraction of sp³-hybridized carbons (Fsp3) is 0.333. The summed E-state index contributed by atoms with van der Waals surface area (Å²) in [5.41, 5.74) is 2.07. The Morgan fingerprint density at radius 2 is 2.35 bits per heavy atom. The van der Waals surface area contributed by atoms with E-state index in [0.717, 1.165) is 17.0 Å². The number of hydrogen-bond donors (Lipinski definition) is 1. The van der Waals surface area contributed by atoms with Gasteiger partial charge in [0.25, 0.3) is 0 Å². The fourth-order valence-electron chi connectivity index (χ4n) is 1.73. The Kier molecular flexibility index (Phi) is 4.06. The van der Waals surface area contributed by atoms with Crippen LogP contribution in [0.1, 0.15) is 24.2 Å². The summed E-state index contributed by atoms with van der Waals surface area (Å²) in [6.07, 6.45) is 1.79. The van der Waals surface area contributed by atoms with E-state index in [9.17, 15) is 0 Å². The van der Waals surface area contributed by atoms with Crippen LogP contribution < -0.4 is 10.1 Å². The molecule has 1 N–H and O–H groups in total. The molecule has 0 spiro atoms. The first kappa shape index (κ1) is 12.0. The van der Waals surface area contributed by atoms with E-state index < -0.39 is 0 Å². The van der Waals surface area contributed by atoms with Gasteiger partial charge in [-0.05, 0) is 31.7 Å². The van der Waals surface area contributed by atoms with E-state index >= 15 is 0 Å². The Morgan fingerprint density at radius 3 is 3.00 bits per heavy atom. The van der Waals surface area contributed by atoms with Crippen molar-refractivity contribution in [3.63, 3.8) is 0 Å². The van der Waals surface area contributed by atoms with E-state index in [4.69, 9.17) is 4.74 Å². The van der Waals surface area contributed by atoms with E-state index in [1.807, 2.05) is 32.2 Å². The van der Waals surface area contributed by atoms with Gasteiger partial charge >= 0.3 is 0 Å². The minimum atomic E-state index is 0.0640. The van der Waals surface area contributed by atoms with Crippen LogP contribution in [0, 0.1) is 0 Å². The lowest BCUT2D eigenvalue weighted by Crippen LogP contribution is -2.17. The van der Waals surface area contributed by atoms with Crippen LogP contribution >= 0.6 is 11.7 Å². The van der Waals surface area contributed by atoms with Crippen molar-refractivity contribution in [1.29, 1.82) is 0 Å². The highest BCUT2D eigenvalue weighted by molar-refractivity contribution is 6.99. The number of nitrogens with one attached hydrogen (secondary N) is 1. The van der Waals surface area contributed by atoms with Gasteiger partial charge in [-0.1, -0.05) is 12.1 Å². The number of hydrogen-bond acceptors (Lipinski definition) is 5. The maximum Gasteiger partial charge on any atom is 0.119 e. The zero-order chi connectivity index (χ0) is 12.1. The fourth-order valence-corrected chi connectivity index (χ4v) is 2.18. The van der Waals surface area contributed by atoms with Crippen LogP contribution in [-0.4, -0.2) is 22.4 Å². The van der Waals surface area contributed by atoms with E-state index in [2.05, 4.69) is 20.1 Å². The van der Waals surface area contributed by atoms with Crippen LogP contribution in [0.25, 0.3) is 0 Å². The number of benzene rings is 1. The molecule has 0 saturated carbocycles. The van der Waals surface area contributed by atoms with Crippen molar-refractivity contribution < 1.29 is 4.74 Å². The molecule has 90 valence electrons. The molecule has 5 heteroatoms. The molecule has 2 rings (SSSR count). The van der Waals surface area contributed by atoms with Crippen LogP contribution in [0.3, 0.4) is 0 Å². The number of nitrogens with zero attached hydrogens (tertiary/aromatic N) is 2. The molecule has 2 aromatic rings. The van der Waals surface area contributed by atoms with Gasteiger partial charge < -0.3 is 10.1 Å². The van der Waals surface area contributed by atoms with Crippen LogP contribution in [0.5, 0.6) is 5.75 Å². The molecule has 1 aromatic carbocycles. The van der Waals surface area contributed by atoms with Crippen LogP contribution in [0.4, 0.5) is 0 Å². The van der Waals surface area contributed by atoms with Crippen LogP contribution in [-0.2, 0) is 0 Å². The third-order valence-electron chi connectivity index (χ3n) is 2.47. The summed E-state index contributed by atoms with van der Waals surface area (Å²) in [4.78, 5) is 0. The molecular formula is C12H15N3OS. The molecule has 1 unspecified atom stereocenters. The van der Waals surface area contributed by atoms with Crippen LogP contribution in [0.15, 0.2) is 30.5 Å². The van der Waals surface area contributed by atoms with Gasteiger partial charge in [-0.15, -0.1) is 0 Å². The van der Waals surface area contributed by atoms with Gasteiger partial charge in [-0.2, -0.15) is 8.75 Å². The molecule has 0 amide bonds. The molecule has 0 aliphatic rings. The number of aromatic nitrogens is 2. The van der Waals surface area contributed by atoms with E-state index in [1.54, 1.807) is 6.20 Å².